The fourth-order valence-corrected chi connectivity index (χ4v) is 2.45. The van der Waals surface area contributed by atoms with E-state index >= 15 is 0 Å². The number of rotatable bonds is 13. The largest absolute Gasteiger partial charge is 0.494 e. The van der Waals surface area contributed by atoms with E-state index in [2.05, 4.69) is 6.58 Å². The van der Waals surface area contributed by atoms with Crippen LogP contribution in [0.1, 0.15) is 63.9 Å². The monoisotopic (exact) mass is 318 g/mol. The first kappa shape index (κ1) is 19.3. The zero-order valence-corrected chi connectivity index (χ0v) is 14.3. The van der Waals surface area contributed by atoms with Crippen molar-refractivity contribution in [1.29, 1.82) is 0 Å². The molecule has 0 saturated heterocycles. The van der Waals surface area contributed by atoms with E-state index in [9.17, 15) is 4.79 Å². The molecule has 0 aromatic heterocycles. The SMILES string of the molecule is C=Cc1ccc(OCCCCCCCCCC(C)C(=O)O)cc1. The molecule has 3 nitrogen and oxygen atoms in total. The first-order valence-electron chi connectivity index (χ1n) is 8.71. The lowest BCUT2D eigenvalue weighted by Crippen LogP contribution is -2.08. The van der Waals surface area contributed by atoms with Gasteiger partial charge in [-0.1, -0.05) is 70.2 Å². The molecule has 0 spiro atoms. The van der Waals surface area contributed by atoms with Gasteiger partial charge in [0.2, 0.25) is 0 Å². The van der Waals surface area contributed by atoms with E-state index < -0.39 is 5.97 Å². The Kier molecular flexibility index (Phi) is 9.85. The lowest BCUT2D eigenvalue weighted by Gasteiger charge is -2.07. The highest BCUT2D eigenvalue weighted by atomic mass is 16.5. The van der Waals surface area contributed by atoms with Crippen LogP contribution in [0.25, 0.3) is 6.08 Å². The van der Waals surface area contributed by atoms with E-state index in [-0.39, 0.29) is 5.92 Å². The third kappa shape index (κ3) is 9.07. The van der Waals surface area contributed by atoms with E-state index in [1.165, 1.54) is 25.7 Å². The maximum absolute atomic E-state index is 10.7. The summed E-state index contributed by atoms with van der Waals surface area (Å²) < 4.78 is 5.71. The van der Waals surface area contributed by atoms with Crippen LogP contribution < -0.4 is 4.74 Å². The molecule has 0 fully saturated rings. The summed E-state index contributed by atoms with van der Waals surface area (Å²) in [5, 5.41) is 8.80. The average molecular weight is 318 g/mol. The predicted octanol–water partition coefficient (Wildman–Crippen LogP) is 5.55. The number of carboxylic acid groups (broad SMARTS) is 1. The lowest BCUT2D eigenvalue weighted by atomic mass is 10.0. The summed E-state index contributed by atoms with van der Waals surface area (Å²) in [6.07, 6.45) is 10.7. The summed E-state index contributed by atoms with van der Waals surface area (Å²) in [7, 11) is 0. The number of hydrogen-bond acceptors (Lipinski definition) is 2. The molecule has 1 unspecified atom stereocenters. The zero-order valence-electron chi connectivity index (χ0n) is 14.3. The van der Waals surface area contributed by atoms with Gasteiger partial charge in [-0.05, 0) is 30.5 Å². The summed E-state index contributed by atoms with van der Waals surface area (Å²) in [6.45, 7) is 6.28. The van der Waals surface area contributed by atoms with Crippen molar-refractivity contribution < 1.29 is 14.6 Å². The summed E-state index contributed by atoms with van der Waals surface area (Å²) in [6, 6.07) is 7.98. The van der Waals surface area contributed by atoms with Crippen LogP contribution in [0.2, 0.25) is 0 Å². The molecule has 0 aliphatic heterocycles. The van der Waals surface area contributed by atoms with Gasteiger partial charge >= 0.3 is 5.97 Å². The van der Waals surface area contributed by atoms with E-state index in [1.807, 2.05) is 30.3 Å². The Balaban J connectivity index is 1.91. The fourth-order valence-electron chi connectivity index (χ4n) is 2.45. The third-order valence-electron chi connectivity index (χ3n) is 4.09. The molecule has 1 atom stereocenters. The van der Waals surface area contributed by atoms with Crippen molar-refractivity contribution in [2.75, 3.05) is 6.61 Å². The van der Waals surface area contributed by atoms with Crippen molar-refractivity contribution in [3.63, 3.8) is 0 Å². The highest BCUT2D eigenvalue weighted by molar-refractivity contribution is 5.69. The van der Waals surface area contributed by atoms with Gasteiger partial charge in [-0.3, -0.25) is 4.79 Å². The second-order valence-electron chi connectivity index (χ2n) is 6.12. The van der Waals surface area contributed by atoms with Crippen LogP contribution in [0.5, 0.6) is 5.75 Å². The zero-order chi connectivity index (χ0) is 16.9. The van der Waals surface area contributed by atoms with Crippen molar-refractivity contribution >= 4 is 12.0 Å². The standard InChI is InChI=1S/C20H30O3/c1-3-18-12-14-19(15-13-18)23-16-10-8-6-4-5-7-9-11-17(2)20(21)22/h3,12-15,17H,1,4-11,16H2,2H3,(H,21,22). The van der Waals surface area contributed by atoms with Gasteiger partial charge in [0.25, 0.3) is 0 Å². The summed E-state index contributed by atoms with van der Waals surface area (Å²) >= 11 is 0. The highest BCUT2D eigenvalue weighted by Gasteiger charge is 2.09. The molecule has 0 heterocycles. The highest BCUT2D eigenvalue weighted by Crippen LogP contribution is 2.15. The van der Waals surface area contributed by atoms with Crippen molar-refractivity contribution in [3.05, 3.63) is 36.4 Å². The van der Waals surface area contributed by atoms with Gasteiger partial charge in [-0.2, -0.15) is 0 Å². The van der Waals surface area contributed by atoms with Crippen LogP contribution in [0.15, 0.2) is 30.8 Å². The van der Waals surface area contributed by atoms with Gasteiger partial charge in [-0.25, -0.2) is 0 Å². The molecule has 0 bridgehead atoms. The molecular formula is C20H30O3. The minimum atomic E-state index is -0.677. The molecule has 0 saturated carbocycles. The molecule has 1 aromatic rings. The number of benzene rings is 1. The fraction of sp³-hybridized carbons (Fsp3) is 0.550. The first-order chi connectivity index (χ1) is 11.1. The summed E-state index contributed by atoms with van der Waals surface area (Å²) in [5.74, 6) is 0.0416. The quantitative estimate of drug-likeness (QED) is 0.485. The van der Waals surface area contributed by atoms with E-state index in [1.54, 1.807) is 6.92 Å². The summed E-state index contributed by atoms with van der Waals surface area (Å²) in [4.78, 5) is 10.7. The molecule has 0 aliphatic rings. The second-order valence-corrected chi connectivity index (χ2v) is 6.12. The Morgan fingerprint density at radius 3 is 2.22 bits per heavy atom. The first-order valence-corrected chi connectivity index (χ1v) is 8.71. The molecule has 23 heavy (non-hydrogen) atoms. The smallest absolute Gasteiger partial charge is 0.306 e. The molecule has 0 amide bonds. The van der Waals surface area contributed by atoms with E-state index in [4.69, 9.17) is 9.84 Å². The van der Waals surface area contributed by atoms with Crippen molar-refractivity contribution in [1.82, 2.24) is 0 Å². The molecule has 128 valence electrons. The average Bonchev–Trinajstić information content (AvgIpc) is 2.56. The van der Waals surface area contributed by atoms with Gasteiger partial charge in [0.15, 0.2) is 0 Å². The van der Waals surface area contributed by atoms with E-state index in [0.29, 0.717) is 0 Å². The molecule has 1 aromatic carbocycles. The molecule has 0 aliphatic carbocycles. The normalized spacial score (nSPS) is 11.9. The van der Waals surface area contributed by atoms with Crippen LogP contribution in [0.4, 0.5) is 0 Å². The molecular weight excluding hydrogens is 288 g/mol. The molecule has 1 N–H and O–H groups in total. The Morgan fingerprint density at radius 2 is 1.65 bits per heavy atom. The Hall–Kier alpha value is -1.77. The van der Waals surface area contributed by atoms with E-state index in [0.717, 1.165) is 43.6 Å². The molecule has 1 rings (SSSR count). The third-order valence-corrected chi connectivity index (χ3v) is 4.09. The predicted molar refractivity (Wildman–Crippen MR) is 95.8 cm³/mol. The minimum Gasteiger partial charge on any atom is -0.494 e. The van der Waals surface area contributed by atoms with Crippen molar-refractivity contribution in [2.45, 2.75) is 58.3 Å². The van der Waals surface area contributed by atoms with Gasteiger partial charge < -0.3 is 9.84 Å². The topological polar surface area (TPSA) is 46.5 Å². The molecule has 3 heteroatoms. The number of carboxylic acids is 1. The Bertz CT molecular complexity index is 450. The van der Waals surface area contributed by atoms with Gasteiger partial charge in [-0.15, -0.1) is 0 Å². The van der Waals surface area contributed by atoms with Gasteiger partial charge in [0.1, 0.15) is 5.75 Å². The van der Waals surface area contributed by atoms with Crippen LogP contribution >= 0.6 is 0 Å². The lowest BCUT2D eigenvalue weighted by molar-refractivity contribution is -0.141. The van der Waals surface area contributed by atoms with Gasteiger partial charge in [0.05, 0.1) is 12.5 Å². The number of unbranched alkanes of at least 4 members (excludes halogenated alkanes) is 6. The van der Waals surface area contributed by atoms with Crippen LogP contribution in [-0.4, -0.2) is 17.7 Å². The van der Waals surface area contributed by atoms with Crippen LogP contribution in [-0.2, 0) is 4.79 Å². The van der Waals surface area contributed by atoms with Crippen molar-refractivity contribution in [3.8, 4) is 5.75 Å². The van der Waals surface area contributed by atoms with Gasteiger partial charge in [0, 0.05) is 0 Å². The van der Waals surface area contributed by atoms with Crippen LogP contribution in [0, 0.1) is 5.92 Å². The maximum atomic E-state index is 10.7. The number of hydrogen-bond donors (Lipinski definition) is 1. The Morgan fingerprint density at radius 1 is 1.09 bits per heavy atom. The van der Waals surface area contributed by atoms with Crippen molar-refractivity contribution in [2.24, 2.45) is 5.92 Å². The number of carbonyl (C=O) groups is 1. The maximum Gasteiger partial charge on any atom is 0.306 e. The summed E-state index contributed by atoms with van der Waals surface area (Å²) in [5.41, 5.74) is 1.11. The number of aliphatic carboxylic acids is 1. The Labute approximate surface area is 140 Å². The number of ether oxygens (including phenoxy) is 1. The van der Waals surface area contributed by atoms with Crippen LogP contribution in [0.3, 0.4) is 0 Å². The second kappa shape index (κ2) is 11.8. The minimum absolute atomic E-state index is 0.201. The molecule has 0 radical (unpaired) electrons.